The van der Waals surface area contributed by atoms with Crippen molar-refractivity contribution in [3.05, 3.63) is 76.9 Å². The Morgan fingerprint density at radius 3 is 2.75 bits per heavy atom. The summed E-state index contributed by atoms with van der Waals surface area (Å²) in [7, 11) is 0. The van der Waals surface area contributed by atoms with Crippen molar-refractivity contribution >= 4 is 17.9 Å². The molecular formula is C23H24N2O3. The van der Waals surface area contributed by atoms with E-state index in [1.54, 1.807) is 11.5 Å². The molecule has 2 aromatic carbocycles. The first kappa shape index (κ1) is 18.4. The molecule has 2 amide bonds. The summed E-state index contributed by atoms with van der Waals surface area (Å²) in [5, 5.41) is 8.87. The number of carbonyl (C=O) groups is 2. The van der Waals surface area contributed by atoms with Gasteiger partial charge in [-0.1, -0.05) is 48.6 Å². The smallest absolute Gasteiger partial charge is 0.274 e. The van der Waals surface area contributed by atoms with E-state index in [9.17, 15) is 9.59 Å². The molecule has 0 aromatic heterocycles. The van der Waals surface area contributed by atoms with Gasteiger partial charge in [0, 0.05) is 18.7 Å². The molecule has 144 valence electrons. The maximum atomic E-state index is 13.2. The molecule has 2 N–H and O–H groups in total. The van der Waals surface area contributed by atoms with Gasteiger partial charge in [0.1, 0.15) is 0 Å². The Bertz CT molecular complexity index is 923. The highest BCUT2D eigenvalue weighted by molar-refractivity contribution is 5.93. The first-order valence-corrected chi connectivity index (χ1v) is 9.68. The van der Waals surface area contributed by atoms with E-state index in [-0.39, 0.29) is 11.3 Å². The molecule has 1 aliphatic heterocycles. The van der Waals surface area contributed by atoms with Gasteiger partial charge < -0.3 is 4.90 Å². The van der Waals surface area contributed by atoms with Gasteiger partial charge in [0.25, 0.3) is 5.91 Å². The quantitative estimate of drug-likeness (QED) is 0.636. The van der Waals surface area contributed by atoms with Crippen molar-refractivity contribution in [1.29, 1.82) is 0 Å². The maximum Gasteiger partial charge on any atom is 0.274 e. The monoisotopic (exact) mass is 376 g/mol. The van der Waals surface area contributed by atoms with Crippen LogP contribution in [0.5, 0.6) is 0 Å². The Hall–Kier alpha value is -2.92. The van der Waals surface area contributed by atoms with Crippen LogP contribution >= 0.6 is 0 Å². The molecule has 0 saturated carbocycles. The van der Waals surface area contributed by atoms with Crippen LogP contribution in [0.4, 0.5) is 0 Å². The number of hydrogen-bond donors (Lipinski definition) is 2. The van der Waals surface area contributed by atoms with Crippen molar-refractivity contribution in [2.75, 3.05) is 13.1 Å². The third-order valence-electron chi connectivity index (χ3n) is 6.01. The van der Waals surface area contributed by atoms with E-state index in [0.29, 0.717) is 18.5 Å². The van der Waals surface area contributed by atoms with Gasteiger partial charge in [-0.05, 0) is 54.5 Å². The molecule has 1 atom stereocenters. The zero-order chi connectivity index (χ0) is 19.6. The molecule has 5 heteroatoms. The number of rotatable bonds is 4. The first-order valence-electron chi connectivity index (χ1n) is 9.68. The number of nitrogens with zero attached hydrogens (tertiary/aromatic N) is 1. The van der Waals surface area contributed by atoms with Crippen molar-refractivity contribution in [3.63, 3.8) is 0 Å². The van der Waals surface area contributed by atoms with E-state index < -0.39 is 5.91 Å². The molecule has 4 rings (SSSR count). The van der Waals surface area contributed by atoms with Crippen LogP contribution in [-0.2, 0) is 17.6 Å². The number of carbonyl (C=O) groups excluding carboxylic acids is 2. The van der Waals surface area contributed by atoms with Gasteiger partial charge in [0.2, 0.25) is 5.91 Å². The predicted molar refractivity (Wildman–Crippen MR) is 107 cm³/mol. The molecule has 1 spiro atoms. The van der Waals surface area contributed by atoms with Gasteiger partial charge in [-0.15, -0.1) is 0 Å². The second-order valence-corrected chi connectivity index (χ2v) is 7.70. The van der Waals surface area contributed by atoms with Gasteiger partial charge in [0.15, 0.2) is 0 Å². The minimum Gasteiger partial charge on any atom is -0.338 e. The maximum absolute atomic E-state index is 13.2. The lowest BCUT2D eigenvalue weighted by molar-refractivity contribution is -0.136. The predicted octanol–water partition coefficient (Wildman–Crippen LogP) is 3.23. The number of hydrogen-bond acceptors (Lipinski definition) is 3. The van der Waals surface area contributed by atoms with Crippen LogP contribution in [0, 0.1) is 5.41 Å². The Labute approximate surface area is 164 Å². The fourth-order valence-electron chi connectivity index (χ4n) is 4.41. The van der Waals surface area contributed by atoms with Crippen LogP contribution in [0.25, 0.3) is 6.08 Å². The molecule has 0 unspecified atom stereocenters. The standard InChI is InChI=1S/C23H24N2O3/c26-21(24-28)19-9-8-18-10-11-23(16-20(18)15-19)12-14-25(22(23)27)13-4-7-17-5-2-1-3-6-17/h1-9,15,28H,10-14,16H2,(H,24,26)/b7-4+/t23-/m1/s1. The number of benzene rings is 2. The summed E-state index contributed by atoms with van der Waals surface area (Å²) in [4.78, 5) is 26.8. The highest BCUT2D eigenvalue weighted by Gasteiger charge is 2.47. The zero-order valence-corrected chi connectivity index (χ0v) is 15.7. The molecule has 5 nitrogen and oxygen atoms in total. The van der Waals surface area contributed by atoms with Crippen LogP contribution in [0.3, 0.4) is 0 Å². The number of amides is 2. The Kier molecular flexibility index (Phi) is 5.01. The molecular weight excluding hydrogens is 352 g/mol. The van der Waals surface area contributed by atoms with E-state index in [1.807, 2.05) is 59.5 Å². The fourth-order valence-corrected chi connectivity index (χ4v) is 4.41. The lowest BCUT2D eigenvalue weighted by Gasteiger charge is -2.33. The van der Waals surface area contributed by atoms with Gasteiger partial charge >= 0.3 is 0 Å². The minimum absolute atomic E-state index is 0.216. The summed E-state index contributed by atoms with van der Waals surface area (Å²) in [6.07, 6.45) is 7.30. The number of hydroxylamine groups is 1. The summed E-state index contributed by atoms with van der Waals surface area (Å²) in [5.41, 5.74) is 5.11. The van der Waals surface area contributed by atoms with Gasteiger partial charge in [-0.25, -0.2) is 5.48 Å². The van der Waals surface area contributed by atoms with Gasteiger partial charge in [-0.2, -0.15) is 0 Å². The largest absolute Gasteiger partial charge is 0.338 e. The fraction of sp³-hybridized carbons (Fsp3) is 0.304. The highest BCUT2D eigenvalue weighted by Crippen LogP contribution is 2.43. The normalized spacial score (nSPS) is 21.3. The van der Waals surface area contributed by atoms with E-state index in [2.05, 4.69) is 0 Å². The van der Waals surface area contributed by atoms with Crippen LogP contribution in [0.15, 0.2) is 54.6 Å². The van der Waals surface area contributed by atoms with Crippen LogP contribution in [0.2, 0.25) is 0 Å². The van der Waals surface area contributed by atoms with E-state index >= 15 is 0 Å². The summed E-state index contributed by atoms with van der Waals surface area (Å²) >= 11 is 0. The SMILES string of the molecule is O=C(NO)c1ccc2c(c1)C[C@@]1(CC2)CCN(C/C=C/c2ccccc2)C1=O. The van der Waals surface area contributed by atoms with Crippen molar-refractivity contribution in [2.24, 2.45) is 5.41 Å². The second kappa shape index (κ2) is 7.60. The summed E-state index contributed by atoms with van der Waals surface area (Å²) in [5.74, 6) is -0.305. The Morgan fingerprint density at radius 2 is 1.96 bits per heavy atom. The summed E-state index contributed by atoms with van der Waals surface area (Å²) in [6, 6.07) is 15.5. The van der Waals surface area contributed by atoms with Crippen molar-refractivity contribution < 1.29 is 14.8 Å². The Balaban J connectivity index is 1.47. The van der Waals surface area contributed by atoms with Crippen molar-refractivity contribution in [3.8, 4) is 0 Å². The van der Waals surface area contributed by atoms with Gasteiger partial charge in [-0.3, -0.25) is 14.8 Å². The molecule has 28 heavy (non-hydrogen) atoms. The van der Waals surface area contributed by atoms with Gasteiger partial charge in [0.05, 0.1) is 5.41 Å². The van der Waals surface area contributed by atoms with Crippen LogP contribution in [-0.4, -0.2) is 35.0 Å². The lowest BCUT2D eigenvalue weighted by atomic mass is 9.70. The average molecular weight is 376 g/mol. The first-order chi connectivity index (χ1) is 13.6. The average Bonchev–Trinajstić information content (AvgIpc) is 3.03. The topological polar surface area (TPSA) is 69.6 Å². The summed E-state index contributed by atoms with van der Waals surface area (Å²) < 4.78 is 0. The molecule has 2 aliphatic rings. The molecule has 0 bridgehead atoms. The van der Waals surface area contributed by atoms with E-state index in [1.165, 1.54) is 5.56 Å². The second-order valence-electron chi connectivity index (χ2n) is 7.70. The highest BCUT2D eigenvalue weighted by atomic mass is 16.5. The Morgan fingerprint density at radius 1 is 1.14 bits per heavy atom. The summed E-state index contributed by atoms with van der Waals surface area (Å²) in [6.45, 7) is 1.39. The molecule has 1 heterocycles. The molecule has 1 fully saturated rings. The van der Waals surface area contributed by atoms with Crippen LogP contribution < -0.4 is 5.48 Å². The molecule has 2 aromatic rings. The number of likely N-dealkylation sites (tertiary alicyclic amines) is 1. The lowest BCUT2D eigenvalue weighted by Crippen LogP contribution is -2.38. The van der Waals surface area contributed by atoms with E-state index in [0.717, 1.165) is 36.9 Å². The zero-order valence-electron chi connectivity index (χ0n) is 15.7. The van der Waals surface area contributed by atoms with Crippen molar-refractivity contribution in [2.45, 2.75) is 25.7 Å². The number of fused-ring (bicyclic) bond motifs is 1. The number of nitrogens with one attached hydrogen (secondary N) is 1. The third-order valence-corrected chi connectivity index (χ3v) is 6.01. The molecule has 0 radical (unpaired) electrons. The van der Waals surface area contributed by atoms with Crippen LogP contribution in [0.1, 0.15) is 39.9 Å². The van der Waals surface area contributed by atoms with E-state index in [4.69, 9.17) is 5.21 Å². The third kappa shape index (κ3) is 3.45. The molecule has 1 aliphatic carbocycles. The number of aryl methyl sites for hydroxylation is 1. The molecule has 1 saturated heterocycles. The minimum atomic E-state index is -0.521. The van der Waals surface area contributed by atoms with Crippen molar-refractivity contribution in [1.82, 2.24) is 10.4 Å².